The normalized spacial score (nSPS) is 30.4. The third-order valence-corrected chi connectivity index (χ3v) is 5.42. The van der Waals surface area contributed by atoms with Gasteiger partial charge in [-0.05, 0) is 24.6 Å². The molecule has 1 aromatic rings. The Bertz CT molecular complexity index is 443. The van der Waals surface area contributed by atoms with Crippen molar-refractivity contribution in [2.45, 2.75) is 25.4 Å². The van der Waals surface area contributed by atoms with Crippen LogP contribution in [0.2, 0.25) is 0 Å². The number of likely N-dealkylation sites (N-methyl/N-ethyl adjacent to an activating group) is 1. The van der Waals surface area contributed by atoms with E-state index in [0.29, 0.717) is 12.1 Å². The van der Waals surface area contributed by atoms with Gasteiger partial charge in [0.1, 0.15) is 0 Å². The molecule has 0 spiro atoms. The molecule has 110 valence electrons. The zero-order valence-corrected chi connectivity index (χ0v) is 13.8. The first-order valence-electron chi connectivity index (χ1n) is 7.71. The molecule has 4 heteroatoms. The van der Waals surface area contributed by atoms with Crippen LogP contribution in [-0.4, -0.2) is 61.2 Å². The van der Waals surface area contributed by atoms with Crippen LogP contribution >= 0.6 is 15.9 Å². The topological polar surface area (TPSA) is 18.5 Å². The highest BCUT2D eigenvalue weighted by atomic mass is 79.9. The number of hydrogen-bond donors (Lipinski definition) is 1. The van der Waals surface area contributed by atoms with Crippen LogP contribution in [0.1, 0.15) is 12.5 Å². The Labute approximate surface area is 130 Å². The minimum atomic E-state index is 0.543. The Morgan fingerprint density at radius 3 is 2.60 bits per heavy atom. The van der Waals surface area contributed by atoms with Crippen molar-refractivity contribution < 1.29 is 0 Å². The molecule has 3 fully saturated rings. The average molecular weight is 338 g/mol. The second kappa shape index (κ2) is 6.56. The van der Waals surface area contributed by atoms with Crippen molar-refractivity contribution in [2.75, 3.05) is 39.3 Å². The zero-order chi connectivity index (χ0) is 13.9. The Morgan fingerprint density at radius 1 is 1.25 bits per heavy atom. The van der Waals surface area contributed by atoms with Crippen LogP contribution in [-0.2, 0) is 6.42 Å². The Balaban J connectivity index is 1.74. The van der Waals surface area contributed by atoms with E-state index in [1.807, 2.05) is 0 Å². The third kappa shape index (κ3) is 3.08. The third-order valence-electron chi connectivity index (χ3n) is 4.65. The smallest absolute Gasteiger partial charge is 0.0380 e. The molecule has 3 heterocycles. The van der Waals surface area contributed by atoms with Crippen LogP contribution in [0.3, 0.4) is 0 Å². The van der Waals surface area contributed by atoms with E-state index < -0.39 is 0 Å². The number of rotatable bonds is 5. The van der Waals surface area contributed by atoms with Gasteiger partial charge in [-0.2, -0.15) is 0 Å². The molecule has 0 saturated carbocycles. The molecule has 0 aromatic heterocycles. The molecule has 3 aliphatic heterocycles. The monoisotopic (exact) mass is 337 g/mol. The van der Waals surface area contributed by atoms with Gasteiger partial charge < -0.3 is 5.32 Å². The van der Waals surface area contributed by atoms with Crippen LogP contribution < -0.4 is 5.32 Å². The lowest BCUT2D eigenvalue weighted by Gasteiger charge is -2.50. The number of halogens is 1. The highest BCUT2D eigenvalue weighted by molar-refractivity contribution is 9.10. The predicted molar refractivity (Wildman–Crippen MR) is 87.1 cm³/mol. The maximum Gasteiger partial charge on any atom is 0.0380 e. The molecule has 1 N–H and O–H groups in total. The number of fused-ring (bicyclic) bond motifs is 3. The summed E-state index contributed by atoms with van der Waals surface area (Å²) >= 11 is 3.69. The molecule has 2 atom stereocenters. The van der Waals surface area contributed by atoms with Crippen molar-refractivity contribution in [3.63, 3.8) is 0 Å². The quantitative estimate of drug-likeness (QED) is 0.886. The van der Waals surface area contributed by atoms with E-state index in [0.717, 1.165) is 13.0 Å². The fourth-order valence-corrected chi connectivity index (χ4v) is 3.99. The molecular formula is C16H24BrN3. The van der Waals surface area contributed by atoms with Gasteiger partial charge in [0.2, 0.25) is 0 Å². The molecular weight excluding hydrogens is 314 g/mol. The summed E-state index contributed by atoms with van der Waals surface area (Å²) in [6.45, 7) is 9.46. The minimum absolute atomic E-state index is 0.543. The van der Waals surface area contributed by atoms with Gasteiger partial charge in [0.25, 0.3) is 0 Å². The van der Waals surface area contributed by atoms with Crippen molar-refractivity contribution in [3.05, 3.63) is 34.3 Å². The summed E-state index contributed by atoms with van der Waals surface area (Å²) in [6.07, 6.45) is 1.10. The number of nitrogens with zero attached hydrogens (tertiary/aromatic N) is 2. The molecule has 2 unspecified atom stereocenters. The number of hydrogen-bond acceptors (Lipinski definition) is 3. The number of benzene rings is 1. The zero-order valence-electron chi connectivity index (χ0n) is 12.2. The average Bonchev–Trinajstić information content (AvgIpc) is 2.50. The van der Waals surface area contributed by atoms with Crippen LogP contribution in [0.25, 0.3) is 0 Å². The van der Waals surface area contributed by atoms with Crippen LogP contribution in [0.4, 0.5) is 0 Å². The molecule has 0 radical (unpaired) electrons. The summed E-state index contributed by atoms with van der Waals surface area (Å²) in [7, 11) is 0. The maximum atomic E-state index is 3.72. The molecule has 3 nitrogen and oxygen atoms in total. The highest BCUT2D eigenvalue weighted by Crippen LogP contribution is 2.23. The van der Waals surface area contributed by atoms with Crippen LogP contribution in [0.5, 0.6) is 0 Å². The van der Waals surface area contributed by atoms with Gasteiger partial charge in [-0.25, -0.2) is 0 Å². The lowest BCUT2D eigenvalue weighted by molar-refractivity contribution is -0.00290. The van der Waals surface area contributed by atoms with E-state index in [1.165, 1.54) is 42.8 Å². The van der Waals surface area contributed by atoms with Gasteiger partial charge in [0, 0.05) is 49.3 Å². The van der Waals surface area contributed by atoms with Gasteiger partial charge in [0.05, 0.1) is 0 Å². The first-order valence-corrected chi connectivity index (χ1v) is 8.50. The van der Waals surface area contributed by atoms with Crippen molar-refractivity contribution in [3.8, 4) is 0 Å². The SMILES string of the molecule is CCNC(Cc1ccccc1Br)C1CN2CCN1CC2. The van der Waals surface area contributed by atoms with Crippen molar-refractivity contribution >= 4 is 15.9 Å². The van der Waals surface area contributed by atoms with Crippen molar-refractivity contribution in [2.24, 2.45) is 0 Å². The summed E-state index contributed by atoms with van der Waals surface area (Å²) < 4.78 is 1.24. The van der Waals surface area contributed by atoms with E-state index >= 15 is 0 Å². The lowest BCUT2D eigenvalue weighted by Crippen LogP contribution is -2.66. The summed E-state index contributed by atoms with van der Waals surface area (Å²) in [5, 5.41) is 3.72. The van der Waals surface area contributed by atoms with Gasteiger partial charge in [0.15, 0.2) is 0 Å². The summed E-state index contributed by atoms with van der Waals surface area (Å²) in [4.78, 5) is 5.30. The number of nitrogens with one attached hydrogen (secondary N) is 1. The fraction of sp³-hybridized carbons (Fsp3) is 0.625. The molecule has 2 bridgehead atoms. The van der Waals surface area contributed by atoms with E-state index in [4.69, 9.17) is 0 Å². The van der Waals surface area contributed by atoms with E-state index in [2.05, 4.69) is 62.2 Å². The van der Waals surface area contributed by atoms with Gasteiger partial charge >= 0.3 is 0 Å². The Hall–Kier alpha value is -0.420. The van der Waals surface area contributed by atoms with Gasteiger partial charge in [-0.1, -0.05) is 41.1 Å². The number of piperazine rings is 3. The largest absolute Gasteiger partial charge is 0.312 e. The second-order valence-electron chi connectivity index (χ2n) is 5.86. The molecule has 0 aliphatic carbocycles. The summed E-state index contributed by atoms with van der Waals surface area (Å²) in [5.74, 6) is 0. The minimum Gasteiger partial charge on any atom is -0.312 e. The van der Waals surface area contributed by atoms with E-state index in [-0.39, 0.29) is 0 Å². The molecule has 1 aromatic carbocycles. The predicted octanol–water partition coefficient (Wildman–Crippen LogP) is 1.97. The molecule has 0 amide bonds. The van der Waals surface area contributed by atoms with Gasteiger partial charge in [-0.15, -0.1) is 0 Å². The Morgan fingerprint density at radius 2 is 2.00 bits per heavy atom. The molecule has 3 saturated heterocycles. The molecule has 20 heavy (non-hydrogen) atoms. The summed E-state index contributed by atoms with van der Waals surface area (Å²) in [5.41, 5.74) is 1.41. The van der Waals surface area contributed by atoms with E-state index in [9.17, 15) is 0 Å². The second-order valence-corrected chi connectivity index (χ2v) is 6.72. The fourth-order valence-electron chi connectivity index (χ4n) is 3.55. The first-order chi connectivity index (χ1) is 9.78. The Kier molecular flexibility index (Phi) is 4.76. The molecule has 3 aliphatic rings. The lowest BCUT2D eigenvalue weighted by atomic mass is 9.94. The highest BCUT2D eigenvalue weighted by Gasteiger charge is 2.36. The maximum absolute atomic E-state index is 3.72. The van der Waals surface area contributed by atoms with Crippen LogP contribution in [0.15, 0.2) is 28.7 Å². The molecule has 4 rings (SSSR count). The van der Waals surface area contributed by atoms with Crippen LogP contribution in [0, 0.1) is 0 Å². The summed E-state index contributed by atoms with van der Waals surface area (Å²) in [6, 6.07) is 9.82. The standard InChI is InChI=1S/C16H24BrN3/c1-2-18-15(11-13-5-3-4-6-14(13)17)16-12-19-7-9-20(16)10-8-19/h3-6,15-16,18H,2,7-12H2,1H3. The van der Waals surface area contributed by atoms with E-state index in [1.54, 1.807) is 0 Å². The first kappa shape index (κ1) is 14.5. The van der Waals surface area contributed by atoms with Crippen molar-refractivity contribution in [1.29, 1.82) is 0 Å². The van der Waals surface area contributed by atoms with Gasteiger partial charge in [-0.3, -0.25) is 9.80 Å². The van der Waals surface area contributed by atoms with Crippen molar-refractivity contribution in [1.82, 2.24) is 15.1 Å².